The number of carbonyl (C=O) groups is 2. The molecule has 0 aliphatic rings. The van der Waals surface area contributed by atoms with Crippen LogP contribution in [0.3, 0.4) is 0 Å². The molecular weight excluding hydrogens is 507 g/mol. The van der Waals surface area contributed by atoms with Gasteiger partial charge in [0.1, 0.15) is 12.4 Å². The second-order valence-corrected chi connectivity index (χ2v) is 8.69. The Morgan fingerprint density at radius 3 is 2.10 bits per heavy atom. The van der Waals surface area contributed by atoms with Crippen LogP contribution in [0.5, 0.6) is 5.75 Å². The number of hydrogen-bond acceptors (Lipinski definition) is 4. The lowest BCUT2D eigenvalue weighted by molar-refractivity contribution is -0.137. The molecule has 0 atom stereocenters. The molecule has 200 valence electrons. The number of rotatable bonds is 8. The Balaban J connectivity index is 1.88. The van der Waals surface area contributed by atoms with Crippen LogP contribution in [0.25, 0.3) is 22.3 Å². The van der Waals surface area contributed by atoms with Crippen molar-refractivity contribution in [2.24, 2.45) is 0 Å². The molecular formula is C31H26F3NO4. The van der Waals surface area contributed by atoms with E-state index in [9.17, 15) is 22.8 Å². The lowest BCUT2D eigenvalue weighted by Crippen LogP contribution is -2.10. The maximum absolute atomic E-state index is 13.8. The van der Waals surface area contributed by atoms with Gasteiger partial charge in [0.25, 0.3) is 0 Å². The number of nitrogens with one attached hydrogen (secondary N) is 1. The summed E-state index contributed by atoms with van der Waals surface area (Å²) in [4.78, 5) is 24.5. The topological polar surface area (TPSA) is 64.6 Å². The fraction of sp³-hybridized carbons (Fsp3) is 0.161. The molecule has 4 rings (SSSR count). The first-order chi connectivity index (χ1) is 18.7. The van der Waals surface area contributed by atoms with E-state index in [1.165, 1.54) is 19.1 Å². The van der Waals surface area contributed by atoms with Gasteiger partial charge in [-0.3, -0.25) is 4.79 Å². The number of benzene rings is 4. The van der Waals surface area contributed by atoms with Gasteiger partial charge in [0.15, 0.2) is 0 Å². The normalized spacial score (nSPS) is 11.1. The van der Waals surface area contributed by atoms with Gasteiger partial charge >= 0.3 is 12.1 Å². The molecule has 39 heavy (non-hydrogen) atoms. The molecule has 0 bridgehead atoms. The quantitative estimate of drug-likeness (QED) is 0.235. The Morgan fingerprint density at radius 1 is 0.795 bits per heavy atom. The molecule has 4 aromatic rings. The van der Waals surface area contributed by atoms with Crippen molar-refractivity contribution in [3.05, 3.63) is 108 Å². The van der Waals surface area contributed by atoms with Crippen molar-refractivity contribution < 1.29 is 32.2 Å². The smallest absolute Gasteiger partial charge is 0.416 e. The monoisotopic (exact) mass is 533 g/mol. The highest BCUT2D eigenvalue weighted by Crippen LogP contribution is 2.42. The van der Waals surface area contributed by atoms with E-state index < -0.39 is 17.7 Å². The summed E-state index contributed by atoms with van der Waals surface area (Å²) in [7, 11) is 0. The number of halogens is 3. The number of alkyl halides is 3. The van der Waals surface area contributed by atoms with Crippen molar-refractivity contribution in [1.29, 1.82) is 0 Å². The lowest BCUT2D eigenvalue weighted by Gasteiger charge is -2.19. The van der Waals surface area contributed by atoms with Crippen LogP contribution in [0.1, 0.15) is 35.3 Å². The second-order valence-electron chi connectivity index (χ2n) is 8.69. The third kappa shape index (κ3) is 6.65. The number of esters is 1. The molecule has 0 radical (unpaired) electrons. The van der Waals surface area contributed by atoms with Crippen LogP contribution < -0.4 is 10.1 Å². The molecule has 8 heteroatoms. The second kappa shape index (κ2) is 11.9. The predicted molar refractivity (Wildman–Crippen MR) is 143 cm³/mol. The van der Waals surface area contributed by atoms with Gasteiger partial charge in [0, 0.05) is 18.2 Å². The molecule has 1 N–H and O–H groups in total. The van der Waals surface area contributed by atoms with E-state index in [1.54, 1.807) is 43.3 Å². The minimum Gasteiger partial charge on any atom is -0.488 e. The molecule has 0 fully saturated rings. The average Bonchev–Trinajstić information content (AvgIpc) is 2.92. The summed E-state index contributed by atoms with van der Waals surface area (Å²) in [6, 6.07) is 24.2. The van der Waals surface area contributed by atoms with Gasteiger partial charge < -0.3 is 14.8 Å². The molecule has 0 unspecified atom stereocenters. The standard InChI is InChI=1S/C31H26F3NO4/c1-3-38-30(37)28-18-23(35-20(2)36)14-15-26(28)24-11-7-8-12-25(24)27-17-22(31(32,33)34)13-16-29(27)39-19-21-9-5-4-6-10-21/h4-18H,3,19H2,1-2H3,(H,35,36). The first-order valence-corrected chi connectivity index (χ1v) is 12.2. The molecule has 0 spiro atoms. The van der Waals surface area contributed by atoms with Crippen LogP contribution in [0.15, 0.2) is 91.0 Å². The third-order valence-corrected chi connectivity index (χ3v) is 5.89. The van der Waals surface area contributed by atoms with E-state index in [1.807, 2.05) is 30.3 Å². The minimum atomic E-state index is -4.57. The summed E-state index contributed by atoms with van der Waals surface area (Å²) in [5.41, 5.74) is 2.16. The van der Waals surface area contributed by atoms with Gasteiger partial charge in [-0.15, -0.1) is 0 Å². The zero-order chi connectivity index (χ0) is 28.0. The summed E-state index contributed by atoms with van der Waals surface area (Å²) in [6.07, 6.45) is -4.57. The van der Waals surface area contributed by atoms with Crippen molar-refractivity contribution in [3.8, 4) is 28.0 Å². The number of ether oxygens (including phenoxy) is 2. The Hall–Kier alpha value is -4.59. The summed E-state index contributed by atoms with van der Waals surface area (Å²) in [5.74, 6) is -0.687. The number of carbonyl (C=O) groups excluding carboxylic acids is 2. The zero-order valence-corrected chi connectivity index (χ0v) is 21.3. The van der Waals surface area contributed by atoms with E-state index in [4.69, 9.17) is 9.47 Å². The molecule has 1 amide bonds. The Labute approximate surface area is 224 Å². The van der Waals surface area contributed by atoms with Crippen LogP contribution in [-0.2, 0) is 22.3 Å². The maximum Gasteiger partial charge on any atom is 0.416 e. The highest BCUT2D eigenvalue weighted by molar-refractivity contribution is 6.02. The van der Waals surface area contributed by atoms with E-state index in [0.29, 0.717) is 22.4 Å². The van der Waals surface area contributed by atoms with Crippen LogP contribution in [0.4, 0.5) is 18.9 Å². The number of amides is 1. The highest BCUT2D eigenvalue weighted by Gasteiger charge is 2.32. The predicted octanol–water partition coefficient (Wildman–Crippen LogP) is 7.75. The molecule has 0 aliphatic carbocycles. The SMILES string of the molecule is CCOC(=O)c1cc(NC(C)=O)ccc1-c1ccccc1-c1cc(C(F)(F)F)ccc1OCc1ccccc1. The fourth-order valence-corrected chi connectivity index (χ4v) is 4.17. The van der Waals surface area contributed by atoms with Crippen LogP contribution in [0.2, 0.25) is 0 Å². The van der Waals surface area contributed by atoms with Crippen molar-refractivity contribution in [3.63, 3.8) is 0 Å². The third-order valence-electron chi connectivity index (χ3n) is 5.89. The van der Waals surface area contributed by atoms with Crippen molar-refractivity contribution >= 4 is 17.6 Å². The molecule has 4 aromatic carbocycles. The number of anilines is 1. The Morgan fingerprint density at radius 2 is 1.46 bits per heavy atom. The molecule has 0 aromatic heterocycles. The van der Waals surface area contributed by atoms with Gasteiger partial charge in [-0.05, 0) is 59.5 Å². The molecule has 0 saturated carbocycles. The zero-order valence-electron chi connectivity index (χ0n) is 21.3. The van der Waals surface area contributed by atoms with E-state index >= 15 is 0 Å². The van der Waals surface area contributed by atoms with E-state index in [2.05, 4.69) is 5.32 Å². The fourth-order valence-electron chi connectivity index (χ4n) is 4.17. The summed E-state index contributed by atoms with van der Waals surface area (Å²) < 4.78 is 52.5. The van der Waals surface area contributed by atoms with Crippen molar-refractivity contribution in [2.45, 2.75) is 26.6 Å². The first kappa shape index (κ1) is 27.4. The van der Waals surface area contributed by atoms with E-state index in [0.717, 1.165) is 17.7 Å². The van der Waals surface area contributed by atoms with Gasteiger partial charge in [-0.25, -0.2) is 4.79 Å². The van der Waals surface area contributed by atoms with Crippen molar-refractivity contribution in [1.82, 2.24) is 0 Å². The number of hydrogen-bond donors (Lipinski definition) is 1. The molecule has 5 nitrogen and oxygen atoms in total. The Kier molecular flexibility index (Phi) is 8.34. The van der Waals surface area contributed by atoms with Crippen LogP contribution >= 0.6 is 0 Å². The summed E-state index contributed by atoms with van der Waals surface area (Å²) in [6.45, 7) is 3.29. The van der Waals surface area contributed by atoms with Gasteiger partial charge in [-0.2, -0.15) is 13.2 Å². The van der Waals surface area contributed by atoms with Crippen LogP contribution in [-0.4, -0.2) is 18.5 Å². The molecule has 0 saturated heterocycles. The minimum absolute atomic E-state index is 0.120. The van der Waals surface area contributed by atoms with Gasteiger partial charge in [0.05, 0.1) is 17.7 Å². The summed E-state index contributed by atoms with van der Waals surface area (Å²) in [5, 5.41) is 2.64. The van der Waals surface area contributed by atoms with Crippen LogP contribution in [0, 0.1) is 0 Å². The Bertz CT molecular complexity index is 1480. The molecule has 0 aliphatic heterocycles. The first-order valence-electron chi connectivity index (χ1n) is 12.2. The van der Waals surface area contributed by atoms with E-state index in [-0.39, 0.29) is 36.0 Å². The van der Waals surface area contributed by atoms with Gasteiger partial charge in [-0.1, -0.05) is 60.7 Å². The molecule has 0 heterocycles. The lowest BCUT2D eigenvalue weighted by atomic mass is 9.90. The van der Waals surface area contributed by atoms with Crippen molar-refractivity contribution in [2.75, 3.05) is 11.9 Å². The largest absolute Gasteiger partial charge is 0.488 e. The van der Waals surface area contributed by atoms with Gasteiger partial charge in [0.2, 0.25) is 5.91 Å². The highest BCUT2D eigenvalue weighted by atomic mass is 19.4. The average molecular weight is 534 g/mol. The maximum atomic E-state index is 13.8. The summed E-state index contributed by atoms with van der Waals surface area (Å²) >= 11 is 0.